The molecule has 1 heterocycles. The Bertz CT molecular complexity index is 339. The fourth-order valence-electron chi connectivity index (χ4n) is 1.85. The quantitative estimate of drug-likeness (QED) is 0.735. The molecule has 0 amide bonds. The van der Waals surface area contributed by atoms with Gasteiger partial charge in [0.15, 0.2) is 0 Å². The standard InChI is InChI=1S/C10H12F2N2/c11-10(12)6-14-4-3-7-5-8(13)1-2-9(7)14/h1-2,5,10H,3-4,6,13H2. The maximum Gasteiger partial charge on any atom is 0.255 e. The fraction of sp³-hybridized carbons (Fsp3) is 0.400. The molecular weight excluding hydrogens is 186 g/mol. The maximum atomic E-state index is 12.2. The van der Waals surface area contributed by atoms with E-state index in [9.17, 15) is 8.78 Å². The highest BCUT2D eigenvalue weighted by molar-refractivity contribution is 5.62. The monoisotopic (exact) mass is 198 g/mol. The van der Waals surface area contributed by atoms with Crippen molar-refractivity contribution in [1.29, 1.82) is 0 Å². The Labute approximate surface area is 81.3 Å². The van der Waals surface area contributed by atoms with Crippen molar-refractivity contribution in [3.05, 3.63) is 23.8 Å². The number of hydrogen-bond donors (Lipinski definition) is 1. The van der Waals surface area contributed by atoms with Crippen molar-refractivity contribution in [3.63, 3.8) is 0 Å². The summed E-state index contributed by atoms with van der Waals surface area (Å²) in [5, 5.41) is 0. The van der Waals surface area contributed by atoms with Crippen molar-refractivity contribution >= 4 is 11.4 Å². The summed E-state index contributed by atoms with van der Waals surface area (Å²) < 4.78 is 24.4. The first-order valence-electron chi connectivity index (χ1n) is 4.58. The Morgan fingerprint density at radius 2 is 2.21 bits per heavy atom. The number of hydrogen-bond acceptors (Lipinski definition) is 2. The molecule has 0 bridgehead atoms. The number of rotatable bonds is 2. The van der Waals surface area contributed by atoms with Crippen LogP contribution in [0.5, 0.6) is 0 Å². The van der Waals surface area contributed by atoms with Crippen LogP contribution in [-0.4, -0.2) is 19.5 Å². The zero-order valence-corrected chi connectivity index (χ0v) is 7.71. The first-order valence-corrected chi connectivity index (χ1v) is 4.58. The highest BCUT2D eigenvalue weighted by Crippen LogP contribution is 2.29. The number of anilines is 2. The van der Waals surface area contributed by atoms with Crippen LogP contribution in [0.1, 0.15) is 5.56 Å². The minimum atomic E-state index is -2.28. The summed E-state index contributed by atoms with van der Waals surface area (Å²) in [7, 11) is 0. The molecule has 2 N–H and O–H groups in total. The summed E-state index contributed by atoms with van der Waals surface area (Å²) in [5.74, 6) is 0. The van der Waals surface area contributed by atoms with E-state index in [0.29, 0.717) is 12.2 Å². The van der Waals surface area contributed by atoms with Gasteiger partial charge < -0.3 is 10.6 Å². The molecule has 2 rings (SSSR count). The van der Waals surface area contributed by atoms with Crippen LogP contribution < -0.4 is 10.6 Å². The summed E-state index contributed by atoms with van der Waals surface area (Å²) in [6.07, 6.45) is -1.47. The highest BCUT2D eigenvalue weighted by atomic mass is 19.3. The van der Waals surface area contributed by atoms with Gasteiger partial charge in [0.05, 0.1) is 6.54 Å². The first kappa shape index (κ1) is 9.24. The lowest BCUT2D eigenvalue weighted by Gasteiger charge is -2.18. The Kier molecular flexibility index (Phi) is 2.27. The number of nitrogens with two attached hydrogens (primary N) is 1. The third-order valence-electron chi connectivity index (χ3n) is 2.45. The molecule has 0 saturated heterocycles. The molecule has 0 aromatic heterocycles. The highest BCUT2D eigenvalue weighted by Gasteiger charge is 2.21. The van der Waals surface area contributed by atoms with Gasteiger partial charge in [-0.1, -0.05) is 0 Å². The SMILES string of the molecule is Nc1ccc2c(c1)CCN2CC(F)F. The van der Waals surface area contributed by atoms with Gasteiger partial charge in [0.1, 0.15) is 0 Å². The molecule has 76 valence electrons. The zero-order valence-electron chi connectivity index (χ0n) is 7.71. The van der Waals surface area contributed by atoms with Gasteiger partial charge in [-0.25, -0.2) is 8.78 Å². The smallest absolute Gasteiger partial charge is 0.255 e. The van der Waals surface area contributed by atoms with Gasteiger partial charge in [0, 0.05) is 17.9 Å². The van der Waals surface area contributed by atoms with Crippen LogP contribution in [0.25, 0.3) is 0 Å². The predicted molar refractivity (Wildman–Crippen MR) is 52.8 cm³/mol. The summed E-state index contributed by atoms with van der Waals surface area (Å²) in [6, 6.07) is 5.43. The van der Waals surface area contributed by atoms with E-state index in [0.717, 1.165) is 17.7 Å². The van der Waals surface area contributed by atoms with Gasteiger partial charge in [0.25, 0.3) is 6.43 Å². The number of fused-ring (bicyclic) bond motifs is 1. The Morgan fingerprint density at radius 1 is 1.43 bits per heavy atom. The van der Waals surface area contributed by atoms with Crippen LogP contribution in [0.4, 0.5) is 20.2 Å². The molecular formula is C10H12F2N2. The van der Waals surface area contributed by atoms with Crippen molar-refractivity contribution in [1.82, 2.24) is 0 Å². The topological polar surface area (TPSA) is 29.3 Å². The summed E-state index contributed by atoms with van der Waals surface area (Å²) >= 11 is 0. The number of benzene rings is 1. The van der Waals surface area contributed by atoms with Gasteiger partial charge in [0.2, 0.25) is 0 Å². The number of alkyl halides is 2. The minimum absolute atomic E-state index is 0.184. The van der Waals surface area contributed by atoms with Crippen molar-refractivity contribution < 1.29 is 8.78 Å². The lowest BCUT2D eigenvalue weighted by Crippen LogP contribution is -2.26. The summed E-state index contributed by atoms with van der Waals surface area (Å²) in [6.45, 7) is 0.486. The molecule has 1 aliphatic heterocycles. The lowest BCUT2D eigenvalue weighted by atomic mass is 10.1. The van der Waals surface area contributed by atoms with Crippen molar-refractivity contribution in [2.45, 2.75) is 12.8 Å². The second-order valence-corrected chi connectivity index (χ2v) is 3.48. The van der Waals surface area contributed by atoms with Crippen LogP contribution in [-0.2, 0) is 6.42 Å². The van der Waals surface area contributed by atoms with Gasteiger partial charge >= 0.3 is 0 Å². The van der Waals surface area contributed by atoms with Crippen LogP contribution in [0.2, 0.25) is 0 Å². The second kappa shape index (κ2) is 3.44. The molecule has 1 aromatic rings. The number of nitrogens with zero attached hydrogens (tertiary/aromatic N) is 1. The van der Waals surface area contributed by atoms with Gasteiger partial charge in [-0.05, 0) is 30.2 Å². The van der Waals surface area contributed by atoms with Crippen LogP contribution in [0, 0.1) is 0 Å². The first-order chi connectivity index (χ1) is 6.66. The van der Waals surface area contributed by atoms with E-state index >= 15 is 0 Å². The Morgan fingerprint density at radius 3 is 2.93 bits per heavy atom. The van der Waals surface area contributed by atoms with Gasteiger partial charge in [-0.15, -0.1) is 0 Å². The molecule has 0 saturated carbocycles. The normalized spacial score (nSPS) is 14.9. The minimum Gasteiger partial charge on any atom is -0.399 e. The third-order valence-corrected chi connectivity index (χ3v) is 2.45. The Hall–Kier alpha value is -1.32. The van der Waals surface area contributed by atoms with Crippen LogP contribution in [0.3, 0.4) is 0 Å². The lowest BCUT2D eigenvalue weighted by molar-refractivity contribution is 0.155. The molecule has 0 spiro atoms. The average molecular weight is 198 g/mol. The van der Waals surface area contributed by atoms with Gasteiger partial charge in [-0.2, -0.15) is 0 Å². The second-order valence-electron chi connectivity index (χ2n) is 3.48. The number of nitrogen functional groups attached to an aromatic ring is 1. The van der Waals surface area contributed by atoms with E-state index < -0.39 is 6.43 Å². The van der Waals surface area contributed by atoms with E-state index in [1.807, 2.05) is 12.1 Å². The zero-order chi connectivity index (χ0) is 10.1. The average Bonchev–Trinajstić information content (AvgIpc) is 2.47. The molecule has 0 atom stereocenters. The van der Waals surface area contributed by atoms with Gasteiger partial charge in [-0.3, -0.25) is 0 Å². The molecule has 1 aromatic carbocycles. The van der Waals surface area contributed by atoms with E-state index in [1.54, 1.807) is 11.0 Å². The van der Waals surface area contributed by atoms with E-state index in [2.05, 4.69) is 0 Å². The van der Waals surface area contributed by atoms with Crippen molar-refractivity contribution in [2.75, 3.05) is 23.7 Å². The molecule has 0 fully saturated rings. The van der Waals surface area contributed by atoms with Crippen LogP contribution >= 0.6 is 0 Å². The molecule has 4 heteroatoms. The molecule has 2 nitrogen and oxygen atoms in total. The van der Waals surface area contributed by atoms with E-state index in [-0.39, 0.29) is 6.54 Å². The van der Waals surface area contributed by atoms with E-state index in [4.69, 9.17) is 5.73 Å². The third kappa shape index (κ3) is 1.64. The van der Waals surface area contributed by atoms with E-state index in [1.165, 1.54) is 0 Å². The molecule has 0 aliphatic carbocycles. The largest absolute Gasteiger partial charge is 0.399 e. The molecule has 0 radical (unpaired) electrons. The predicted octanol–water partition coefficient (Wildman–Crippen LogP) is 1.90. The van der Waals surface area contributed by atoms with Crippen molar-refractivity contribution in [2.24, 2.45) is 0 Å². The fourth-order valence-corrected chi connectivity index (χ4v) is 1.85. The molecule has 0 unspecified atom stereocenters. The summed E-state index contributed by atoms with van der Waals surface area (Å²) in [5.41, 5.74) is 8.28. The number of halogens is 2. The van der Waals surface area contributed by atoms with Crippen LogP contribution in [0.15, 0.2) is 18.2 Å². The van der Waals surface area contributed by atoms with Crippen molar-refractivity contribution in [3.8, 4) is 0 Å². The summed E-state index contributed by atoms with van der Waals surface area (Å²) in [4.78, 5) is 1.71. The Balaban J connectivity index is 2.22. The molecule has 14 heavy (non-hydrogen) atoms. The molecule has 1 aliphatic rings. The maximum absolute atomic E-state index is 12.2.